The number of nitrogens with one attached hydrogen (secondary N) is 1. The monoisotopic (exact) mass is 341 g/mol. The van der Waals surface area contributed by atoms with Gasteiger partial charge in [0, 0.05) is 25.6 Å². The Kier molecular flexibility index (Phi) is 8.17. The molecule has 0 aromatic carbocycles. The van der Waals surface area contributed by atoms with Gasteiger partial charge in [-0.1, -0.05) is 13.8 Å². The zero-order chi connectivity index (χ0) is 15.4. The minimum absolute atomic E-state index is 0. The van der Waals surface area contributed by atoms with Gasteiger partial charge in [0.2, 0.25) is 15.9 Å². The third-order valence-corrected chi connectivity index (χ3v) is 5.73. The molecule has 0 unspecified atom stereocenters. The zero-order valence-corrected chi connectivity index (χ0v) is 14.7. The lowest BCUT2D eigenvalue weighted by atomic mass is 9.90. The molecule has 0 aliphatic carbocycles. The minimum Gasteiger partial charge on any atom is -0.349 e. The van der Waals surface area contributed by atoms with Crippen LogP contribution in [0.3, 0.4) is 0 Å². The van der Waals surface area contributed by atoms with E-state index in [9.17, 15) is 13.2 Å². The number of hydrogen-bond acceptors (Lipinski definition) is 4. The van der Waals surface area contributed by atoms with Crippen molar-refractivity contribution >= 4 is 28.3 Å². The average molecular weight is 342 g/mol. The van der Waals surface area contributed by atoms with Gasteiger partial charge in [0.05, 0.1) is 11.8 Å². The first kappa shape index (κ1) is 20.6. The Morgan fingerprint density at radius 2 is 1.76 bits per heavy atom. The summed E-state index contributed by atoms with van der Waals surface area (Å²) in [6, 6.07) is 0. The highest BCUT2D eigenvalue weighted by atomic mass is 35.5. The summed E-state index contributed by atoms with van der Waals surface area (Å²) in [4.78, 5) is 12.3. The average Bonchev–Trinajstić information content (AvgIpc) is 2.44. The zero-order valence-electron chi connectivity index (χ0n) is 13.1. The molecule has 1 rings (SSSR count). The molecule has 21 heavy (non-hydrogen) atoms. The van der Waals surface area contributed by atoms with Crippen molar-refractivity contribution in [1.82, 2.24) is 9.62 Å². The standard InChI is InChI=1S/C13H27N3O3S.ClH/c1-4-13(5-2,10-14)15-12(17)11-6-8-16(9-7-11)20(3,18)19;/h11H,4-10,14H2,1-3H3,(H,15,17);1H. The Hall–Kier alpha value is -0.370. The highest BCUT2D eigenvalue weighted by Crippen LogP contribution is 2.21. The molecule has 1 heterocycles. The number of amides is 1. The first-order valence-corrected chi connectivity index (χ1v) is 9.10. The highest BCUT2D eigenvalue weighted by molar-refractivity contribution is 7.88. The van der Waals surface area contributed by atoms with Gasteiger partial charge in [0.15, 0.2) is 0 Å². The van der Waals surface area contributed by atoms with Crippen LogP contribution in [-0.2, 0) is 14.8 Å². The summed E-state index contributed by atoms with van der Waals surface area (Å²) in [5, 5.41) is 3.07. The van der Waals surface area contributed by atoms with Crippen molar-refractivity contribution in [2.45, 2.75) is 45.1 Å². The molecule has 1 saturated heterocycles. The van der Waals surface area contributed by atoms with Crippen LogP contribution in [0.25, 0.3) is 0 Å². The lowest BCUT2D eigenvalue weighted by molar-refractivity contribution is -0.128. The summed E-state index contributed by atoms with van der Waals surface area (Å²) in [6.45, 7) is 5.30. The second-order valence-electron chi connectivity index (χ2n) is 5.62. The Bertz CT molecular complexity index is 422. The molecular weight excluding hydrogens is 314 g/mol. The molecule has 0 radical (unpaired) electrons. The van der Waals surface area contributed by atoms with Crippen LogP contribution in [0.5, 0.6) is 0 Å². The summed E-state index contributed by atoms with van der Waals surface area (Å²) in [5.74, 6) is -0.107. The van der Waals surface area contributed by atoms with E-state index in [1.165, 1.54) is 10.6 Å². The minimum atomic E-state index is -3.14. The van der Waals surface area contributed by atoms with Crippen LogP contribution >= 0.6 is 12.4 Å². The highest BCUT2D eigenvalue weighted by Gasteiger charge is 2.33. The first-order chi connectivity index (χ1) is 9.28. The maximum atomic E-state index is 12.3. The van der Waals surface area contributed by atoms with Gasteiger partial charge in [0.25, 0.3) is 0 Å². The van der Waals surface area contributed by atoms with E-state index in [1.807, 2.05) is 13.8 Å². The van der Waals surface area contributed by atoms with E-state index in [0.717, 1.165) is 12.8 Å². The van der Waals surface area contributed by atoms with E-state index in [2.05, 4.69) is 5.32 Å². The van der Waals surface area contributed by atoms with Gasteiger partial charge >= 0.3 is 0 Å². The quantitative estimate of drug-likeness (QED) is 0.744. The molecule has 0 spiro atoms. The number of halogens is 1. The smallest absolute Gasteiger partial charge is 0.223 e. The largest absolute Gasteiger partial charge is 0.349 e. The van der Waals surface area contributed by atoms with Crippen molar-refractivity contribution in [2.75, 3.05) is 25.9 Å². The third kappa shape index (κ3) is 5.39. The van der Waals surface area contributed by atoms with Crippen LogP contribution in [0, 0.1) is 5.92 Å². The molecule has 0 atom stereocenters. The molecule has 0 bridgehead atoms. The first-order valence-electron chi connectivity index (χ1n) is 7.25. The molecule has 1 aliphatic rings. The number of piperidine rings is 1. The SMILES string of the molecule is CCC(CC)(CN)NC(=O)C1CCN(S(C)(=O)=O)CC1.Cl. The van der Waals surface area contributed by atoms with Crippen LogP contribution in [0.2, 0.25) is 0 Å². The molecule has 8 heteroatoms. The van der Waals surface area contributed by atoms with E-state index in [1.54, 1.807) is 0 Å². The van der Waals surface area contributed by atoms with Crippen molar-refractivity contribution in [3.63, 3.8) is 0 Å². The van der Waals surface area contributed by atoms with Crippen molar-refractivity contribution < 1.29 is 13.2 Å². The summed E-state index contributed by atoms with van der Waals surface area (Å²) >= 11 is 0. The number of carbonyl (C=O) groups excluding carboxylic acids is 1. The molecule has 6 nitrogen and oxygen atoms in total. The van der Waals surface area contributed by atoms with Crippen molar-refractivity contribution in [3.05, 3.63) is 0 Å². The molecule has 1 fully saturated rings. The Morgan fingerprint density at radius 3 is 2.10 bits per heavy atom. The second kappa shape index (κ2) is 8.31. The van der Waals surface area contributed by atoms with Crippen LogP contribution in [0.4, 0.5) is 0 Å². The predicted octanol–water partition coefficient (Wildman–Crippen LogP) is 0.714. The van der Waals surface area contributed by atoms with E-state index in [-0.39, 0.29) is 29.8 Å². The number of carbonyl (C=O) groups is 1. The topological polar surface area (TPSA) is 92.5 Å². The van der Waals surface area contributed by atoms with Gasteiger partial charge in [0.1, 0.15) is 0 Å². The number of rotatable bonds is 6. The molecular formula is C13H28ClN3O3S. The summed E-state index contributed by atoms with van der Waals surface area (Å²) in [5.41, 5.74) is 5.46. The van der Waals surface area contributed by atoms with Crippen LogP contribution in [0.15, 0.2) is 0 Å². The molecule has 0 aromatic heterocycles. The fraction of sp³-hybridized carbons (Fsp3) is 0.923. The maximum absolute atomic E-state index is 12.3. The normalized spacial score (nSPS) is 18.1. The summed E-state index contributed by atoms with van der Waals surface area (Å²) < 4.78 is 24.3. The third-order valence-electron chi connectivity index (χ3n) is 4.43. The van der Waals surface area contributed by atoms with Gasteiger partial charge in [-0.3, -0.25) is 4.79 Å². The van der Waals surface area contributed by atoms with E-state index in [4.69, 9.17) is 5.73 Å². The Morgan fingerprint density at radius 1 is 1.29 bits per heavy atom. The predicted molar refractivity (Wildman–Crippen MR) is 86.9 cm³/mol. The Balaban J connectivity index is 0.00000400. The van der Waals surface area contributed by atoms with Crippen LogP contribution in [-0.4, -0.2) is 50.1 Å². The van der Waals surface area contributed by atoms with Gasteiger partial charge in [-0.05, 0) is 25.7 Å². The van der Waals surface area contributed by atoms with Gasteiger partial charge in [-0.15, -0.1) is 12.4 Å². The van der Waals surface area contributed by atoms with Gasteiger partial charge in [-0.2, -0.15) is 0 Å². The van der Waals surface area contributed by atoms with Crippen LogP contribution in [0.1, 0.15) is 39.5 Å². The van der Waals surface area contributed by atoms with E-state index < -0.39 is 10.0 Å². The van der Waals surface area contributed by atoms with E-state index >= 15 is 0 Å². The Labute approximate surface area is 134 Å². The van der Waals surface area contributed by atoms with Crippen molar-refractivity contribution in [3.8, 4) is 0 Å². The number of sulfonamides is 1. The second-order valence-corrected chi connectivity index (χ2v) is 7.60. The number of nitrogens with two attached hydrogens (primary N) is 1. The van der Waals surface area contributed by atoms with Crippen molar-refractivity contribution in [1.29, 1.82) is 0 Å². The lowest BCUT2D eigenvalue weighted by Gasteiger charge is -2.35. The number of hydrogen-bond donors (Lipinski definition) is 2. The maximum Gasteiger partial charge on any atom is 0.223 e. The fourth-order valence-electron chi connectivity index (χ4n) is 2.58. The lowest BCUT2D eigenvalue weighted by Crippen LogP contribution is -2.55. The van der Waals surface area contributed by atoms with Gasteiger partial charge < -0.3 is 11.1 Å². The molecule has 1 amide bonds. The molecule has 126 valence electrons. The van der Waals surface area contributed by atoms with Gasteiger partial charge in [-0.25, -0.2) is 12.7 Å². The molecule has 0 saturated carbocycles. The molecule has 3 N–H and O–H groups in total. The summed E-state index contributed by atoms with van der Waals surface area (Å²) in [7, 11) is -3.14. The van der Waals surface area contributed by atoms with Crippen molar-refractivity contribution in [2.24, 2.45) is 11.7 Å². The molecule has 1 aliphatic heterocycles. The summed E-state index contributed by atoms with van der Waals surface area (Å²) in [6.07, 6.45) is 3.96. The molecule has 0 aromatic rings. The van der Waals surface area contributed by atoms with Crippen LogP contribution < -0.4 is 11.1 Å². The number of nitrogens with zero attached hydrogens (tertiary/aromatic N) is 1. The van der Waals surface area contributed by atoms with E-state index in [0.29, 0.717) is 32.5 Å². The fourth-order valence-corrected chi connectivity index (χ4v) is 3.45.